The third kappa shape index (κ3) is 3.43. The van der Waals surface area contributed by atoms with Gasteiger partial charge in [-0.15, -0.1) is 0 Å². The number of nitrogens with one attached hydrogen (secondary N) is 1. The normalized spacial score (nSPS) is 11.4. The average molecular weight is 339 g/mol. The largest absolute Gasteiger partial charge is 0.394 e. The number of hydrogen-bond donors (Lipinski definition) is 4. The second-order valence-electron chi connectivity index (χ2n) is 3.83. The predicted octanol–water partition coefficient (Wildman–Crippen LogP) is 0.548. The SMILES string of the molecule is O=C(NC(CO)(CO)CO)c1ccc(Cl)cc1Br. The first-order valence-corrected chi connectivity index (χ1v) is 6.25. The number of carbonyl (C=O) groups excluding carboxylic acids is 1. The Hall–Kier alpha value is -0.660. The first kappa shape index (κ1) is 15.4. The van der Waals surface area contributed by atoms with Gasteiger partial charge in [0, 0.05) is 9.50 Å². The Bertz CT molecular complexity index is 429. The van der Waals surface area contributed by atoms with Crippen molar-refractivity contribution in [1.29, 1.82) is 0 Å². The summed E-state index contributed by atoms with van der Waals surface area (Å²) in [7, 11) is 0. The molecule has 0 radical (unpaired) electrons. The Morgan fingerprint density at radius 1 is 1.28 bits per heavy atom. The highest BCUT2D eigenvalue weighted by Crippen LogP contribution is 2.22. The summed E-state index contributed by atoms with van der Waals surface area (Å²) in [4.78, 5) is 12.0. The second kappa shape index (κ2) is 6.49. The van der Waals surface area contributed by atoms with Crippen LogP contribution in [0.3, 0.4) is 0 Å². The van der Waals surface area contributed by atoms with E-state index >= 15 is 0 Å². The van der Waals surface area contributed by atoms with E-state index in [9.17, 15) is 4.79 Å². The molecular formula is C11H13BrClNO4. The fraction of sp³-hybridized carbons (Fsp3) is 0.364. The van der Waals surface area contributed by atoms with Crippen molar-refractivity contribution in [1.82, 2.24) is 5.32 Å². The smallest absolute Gasteiger partial charge is 0.253 e. The van der Waals surface area contributed by atoms with Crippen molar-refractivity contribution in [2.45, 2.75) is 5.54 Å². The summed E-state index contributed by atoms with van der Waals surface area (Å²) in [5.74, 6) is -0.532. The maximum Gasteiger partial charge on any atom is 0.253 e. The second-order valence-corrected chi connectivity index (χ2v) is 5.12. The van der Waals surface area contributed by atoms with Crippen LogP contribution >= 0.6 is 27.5 Å². The van der Waals surface area contributed by atoms with Gasteiger partial charge in [0.15, 0.2) is 0 Å². The van der Waals surface area contributed by atoms with Crippen LogP contribution < -0.4 is 5.32 Å². The van der Waals surface area contributed by atoms with Crippen LogP contribution in [0.5, 0.6) is 0 Å². The number of aliphatic hydroxyl groups excluding tert-OH is 3. The monoisotopic (exact) mass is 337 g/mol. The minimum Gasteiger partial charge on any atom is -0.394 e. The fourth-order valence-corrected chi connectivity index (χ4v) is 2.11. The van der Waals surface area contributed by atoms with Crippen molar-refractivity contribution >= 4 is 33.4 Å². The molecule has 7 heteroatoms. The van der Waals surface area contributed by atoms with Crippen LogP contribution in [-0.2, 0) is 0 Å². The van der Waals surface area contributed by atoms with Crippen molar-refractivity contribution in [2.24, 2.45) is 0 Å². The molecule has 18 heavy (non-hydrogen) atoms. The topological polar surface area (TPSA) is 89.8 Å². The van der Waals surface area contributed by atoms with Gasteiger partial charge in [-0.2, -0.15) is 0 Å². The third-order valence-electron chi connectivity index (χ3n) is 2.46. The zero-order chi connectivity index (χ0) is 13.8. The molecular weight excluding hydrogens is 325 g/mol. The number of halogens is 2. The van der Waals surface area contributed by atoms with Gasteiger partial charge < -0.3 is 20.6 Å². The first-order valence-electron chi connectivity index (χ1n) is 5.08. The fourth-order valence-electron chi connectivity index (χ4n) is 1.25. The molecule has 5 nitrogen and oxygen atoms in total. The highest BCUT2D eigenvalue weighted by molar-refractivity contribution is 9.10. The lowest BCUT2D eigenvalue weighted by molar-refractivity contribution is 0.0375. The molecule has 0 aliphatic heterocycles. The molecule has 0 saturated heterocycles. The molecule has 1 amide bonds. The molecule has 0 saturated carbocycles. The molecule has 0 heterocycles. The molecule has 0 spiro atoms. The van der Waals surface area contributed by atoms with Crippen molar-refractivity contribution in [3.05, 3.63) is 33.3 Å². The van der Waals surface area contributed by atoms with E-state index in [-0.39, 0.29) is 0 Å². The van der Waals surface area contributed by atoms with Crippen LogP contribution in [0, 0.1) is 0 Å². The Labute approximate surface area is 118 Å². The molecule has 0 aromatic heterocycles. The van der Waals surface area contributed by atoms with Crippen molar-refractivity contribution in [3.63, 3.8) is 0 Å². The molecule has 100 valence electrons. The minimum atomic E-state index is -1.45. The van der Waals surface area contributed by atoms with E-state index in [2.05, 4.69) is 21.2 Å². The van der Waals surface area contributed by atoms with Crippen LogP contribution in [0.1, 0.15) is 10.4 Å². The van der Waals surface area contributed by atoms with Gasteiger partial charge in [0.1, 0.15) is 5.54 Å². The number of amides is 1. The quantitative estimate of drug-likeness (QED) is 0.631. The van der Waals surface area contributed by atoms with Crippen LogP contribution in [0.25, 0.3) is 0 Å². The molecule has 0 bridgehead atoms. The highest BCUT2D eigenvalue weighted by atomic mass is 79.9. The number of carbonyl (C=O) groups is 1. The first-order chi connectivity index (χ1) is 8.48. The van der Waals surface area contributed by atoms with Gasteiger partial charge in [-0.25, -0.2) is 0 Å². The molecule has 1 aromatic carbocycles. The zero-order valence-corrected chi connectivity index (χ0v) is 11.7. The highest BCUT2D eigenvalue weighted by Gasteiger charge is 2.30. The van der Waals surface area contributed by atoms with E-state index in [1.807, 2.05) is 0 Å². The summed E-state index contributed by atoms with van der Waals surface area (Å²) in [6.07, 6.45) is 0. The Balaban J connectivity index is 2.94. The maximum absolute atomic E-state index is 12.0. The van der Waals surface area contributed by atoms with Gasteiger partial charge in [0.05, 0.1) is 25.4 Å². The van der Waals surface area contributed by atoms with Crippen LogP contribution in [-0.4, -0.2) is 46.6 Å². The summed E-state index contributed by atoms with van der Waals surface area (Å²) in [6, 6.07) is 4.59. The number of aliphatic hydroxyl groups is 3. The third-order valence-corrected chi connectivity index (χ3v) is 3.35. The Morgan fingerprint density at radius 2 is 1.83 bits per heavy atom. The summed E-state index contributed by atoms with van der Waals surface area (Å²) in [6.45, 7) is -1.72. The van der Waals surface area contributed by atoms with Gasteiger partial charge in [0.2, 0.25) is 0 Å². The van der Waals surface area contributed by atoms with Crippen LogP contribution in [0.15, 0.2) is 22.7 Å². The van der Waals surface area contributed by atoms with Gasteiger partial charge in [0.25, 0.3) is 5.91 Å². The molecule has 0 atom stereocenters. The average Bonchev–Trinajstić information content (AvgIpc) is 2.36. The predicted molar refractivity (Wildman–Crippen MR) is 70.6 cm³/mol. The zero-order valence-electron chi connectivity index (χ0n) is 9.36. The molecule has 1 rings (SSSR count). The lowest BCUT2D eigenvalue weighted by atomic mass is 10.0. The lowest BCUT2D eigenvalue weighted by Gasteiger charge is -2.28. The van der Waals surface area contributed by atoms with Gasteiger partial charge in [-0.3, -0.25) is 4.79 Å². The van der Waals surface area contributed by atoms with E-state index in [1.165, 1.54) is 6.07 Å². The summed E-state index contributed by atoms with van der Waals surface area (Å²) < 4.78 is 0.482. The van der Waals surface area contributed by atoms with Crippen molar-refractivity contribution < 1.29 is 20.1 Å². The molecule has 1 aromatic rings. The van der Waals surface area contributed by atoms with E-state index in [0.717, 1.165) is 0 Å². The number of hydrogen-bond acceptors (Lipinski definition) is 4. The maximum atomic E-state index is 12.0. The number of benzene rings is 1. The molecule has 0 fully saturated rings. The summed E-state index contributed by atoms with van der Waals surface area (Å²) in [5, 5.41) is 30.2. The van der Waals surface area contributed by atoms with E-state index in [0.29, 0.717) is 15.1 Å². The van der Waals surface area contributed by atoms with Crippen LogP contribution in [0.2, 0.25) is 5.02 Å². The Morgan fingerprint density at radius 3 is 2.28 bits per heavy atom. The van der Waals surface area contributed by atoms with Crippen molar-refractivity contribution in [3.8, 4) is 0 Å². The molecule has 0 unspecified atom stereocenters. The standard InChI is InChI=1S/C11H13BrClNO4/c12-9-3-7(13)1-2-8(9)10(18)14-11(4-15,5-16)6-17/h1-3,15-17H,4-6H2,(H,14,18). The Kier molecular flexibility index (Phi) is 5.55. The van der Waals surface area contributed by atoms with Gasteiger partial charge in [-0.05, 0) is 34.1 Å². The molecule has 4 N–H and O–H groups in total. The summed E-state index contributed by atoms with van der Waals surface area (Å²) >= 11 is 8.94. The van der Waals surface area contributed by atoms with E-state index < -0.39 is 31.3 Å². The van der Waals surface area contributed by atoms with E-state index in [1.54, 1.807) is 12.1 Å². The van der Waals surface area contributed by atoms with Crippen LogP contribution in [0.4, 0.5) is 0 Å². The summed E-state index contributed by atoms with van der Waals surface area (Å²) in [5.41, 5.74) is -1.16. The lowest BCUT2D eigenvalue weighted by Crippen LogP contribution is -2.57. The number of rotatable bonds is 5. The molecule has 0 aliphatic carbocycles. The molecule has 0 aliphatic rings. The van der Waals surface area contributed by atoms with Crippen molar-refractivity contribution in [2.75, 3.05) is 19.8 Å². The van der Waals surface area contributed by atoms with Gasteiger partial charge in [-0.1, -0.05) is 11.6 Å². The minimum absolute atomic E-state index is 0.291. The van der Waals surface area contributed by atoms with Gasteiger partial charge >= 0.3 is 0 Å². The van der Waals surface area contributed by atoms with E-state index in [4.69, 9.17) is 26.9 Å².